The average molecular weight is 451 g/mol. The fraction of sp³-hybridized carbons (Fsp3) is 0.773. The van der Waals surface area contributed by atoms with E-state index in [0.717, 1.165) is 58.0 Å². The second-order valence-corrected chi connectivity index (χ2v) is 12.5. The summed E-state index contributed by atoms with van der Waals surface area (Å²) in [6, 6.07) is 3.56. The molecule has 0 aromatic carbocycles. The molecular formula is C22H34N4O4S. The fourth-order valence-corrected chi connectivity index (χ4v) is 6.91. The Morgan fingerprint density at radius 1 is 1.06 bits per heavy atom. The molecule has 1 aromatic heterocycles. The summed E-state index contributed by atoms with van der Waals surface area (Å²) in [5, 5.41) is 11.4. The van der Waals surface area contributed by atoms with Crippen LogP contribution >= 0.6 is 0 Å². The Bertz CT molecular complexity index is 877. The van der Waals surface area contributed by atoms with Crippen molar-refractivity contribution >= 4 is 21.7 Å². The van der Waals surface area contributed by atoms with Crippen molar-refractivity contribution in [1.82, 2.24) is 15.1 Å². The van der Waals surface area contributed by atoms with Crippen molar-refractivity contribution in [2.75, 3.05) is 18.4 Å². The molecule has 0 unspecified atom stereocenters. The third-order valence-electron chi connectivity index (χ3n) is 6.68. The molecule has 0 spiro atoms. The second-order valence-electron chi connectivity index (χ2n) is 10.3. The predicted octanol–water partition coefficient (Wildman–Crippen LogP) is 3.64. The van der Waals surface area contributed by atoms with Gasteiger partial charge in [0.1, 0.15) is 11.4 Å². The van der Waals surface area contributed by atoms with Crippen LogP contribution in [-0.2, 0) is 14.6 Å². The minimum absolute atomic E-state index is 0.0845. The maximum absolute atomic E-state index is 12.8. The molecule has 9 heteroatoms. The van der Waals surface area contributed by atoms with Crippen LogP contribution in [0, 0.1) is 11.8 Å². The molecule has 3 atom stereocenters. The molecule has 8 nitrogen and oxygen atoms in total. The smallest absolute Gasteiger partial charge is 0.410 e. The Morgan fingerprint density at radius 2 is 1.71 bits per heavy atom. The highest BCUT2D eigenvalue weighted by molar-refractivity contribution is 7.92. The summed E-state index contributed by atoms with van der Waals surface area (Å²) >= 11 is 0. The molecule has 1 aliphatic heterocycles. The van der Waals surface area contributed by atoms with Crippen LogP contribution in [0.2, 0.25) is 0 Å². The van der Waals surface area contributed by atoms with E-state index in [1.807, 2.05) is 25.7 Å². The zero-order valence-corrected chi connectivity index (χ0v) is 19.5. The Labute approximate surface area is 185 Å². The van der Waals surface area contributed by atoms with E-state index in [0.29, 0.717) is 17.7 Å². The third kappa shape index (κ3) is 5.13. The Hall–Kier alpha value is -1.90. The summed E-state index contributed by atoms with van der Waals surface area (Å²) in [4.78, 5) is 14.1. The number of nitrogens with one attached hydrogen (secondary N) is 1. The van der Waals surface area contributed by atoms with E-state index in [9.17, 15) is 13.2 Å². The van der Waals surface area contributed by atoms with Gasteiger partial charge in [-0.25, -0.2) is 13.2 Å². The van der Waals surface area contributed by atoms with E-state index in [-0.39, 0.29) is 22.4 Å². The van der Waals surface area contributed by atoms with Crippen molar-refractivity contribution in [3.8, 4) is 0 Å². The third-order valence-corrected chi connectivity index (χ3v) is 8.83. The molecule has 0 bridgehead atoms. The molecule has 2 heterocycles. The number of likely N-dealkylation sites (tertiary alicyclic amines) is 1. The molecule has 1 amide bonds. The minimum atomic E-state index is -3.40. The molecular weight excluding hydrogens is 416 g/mol. The first-order valence-electron chi connectivity index (χ1n) is 11.4. The van der Waals surface area contributed by atoms with Crippen LogP contribution in [0.5, 0.6) is 0 Å². The number of hydrogen-bond donors (Lipinski definition) is 1. The van der Waals surface area contributed by atoms with Crippen molar-refractivity contribution in [2.24, 2.45) is 11.8 Å². The fourth-order valence-electron chi connectivity index (χ4n) is 5.20. The van der Waals surface area contributed by atoms with Crippen LogP contribution in [0.3, 0.4) is 0 Å². The second kappa shape index (κ2) is 8.56. The van der Waals surface area contributed by atoms with Crippen LogP contribution in [0.15, 0.2) is 17.2 Å². The van der Waals surface area contributed by atoms with Crippen molar-refractivity contribution in [3.05, 3.63) is 12.1 Å². The number of aromatic nitrogens is 2. The molecule has 3 aliphatic rings. The van der Waals surface area contributed by atoms with Gasteiger partial charge >= 0.3 is 6.09 Å². The molecule has 1 N–H and O–H groups in total. The lowest BCUT2D eigenvalue weighted by atomic mass is 10.0. The number of nitrogens with zero attached hydrogens (tertiary/aromatic N) is 3. The maximum Gasteiger partial charge on any atom is 0.410 e. The topological polar surface area (TPSA) is 101 Å². The standard InChI is InChI=1S/C22H34N4O4S/c1-22(2,3)30-21(27)26-13-15-11-17(12-16(15)14-26)23-19-9-10-20(25-24-19)31(28,29)18-7-5-4-6-8-18/h9-10,15-18H,4-8,11-14H2,1-3H3,(H,23,24)/t15-,16+,17+. The van der Waals surface area contributed by atoms with Crippen molar-refractivity contribution in [1.29, 1.82) is 0 Å². The van der Waals surface area contributed by atoms with Crippen LogP contribution in [0.25, 0.3) is 0 Å². The summed E-state index contributed by atoms with van der Waals surface area (Å²) in [5.74, 6) is 1.50. The molecule has 0 radical (unpaired) electrons. The van der Waals surface area contributed by atoms with Gasteiger partial charge < -0.3 is 15.0 Å². The molecule has 31 heavy (non-hydrogen) atoms. The molecule has 2 aliphatic carbocycles. The summed E-state index contributed by atoms with van der Waals surface area (Å²) < 4.78 is 31.1. The number of hydrogen-bond acceptors (Lipinski definition) is 7. The number of carbonyl (C=O) groups is 1. The van der Waals surface area contributed by atoms with E-state index >= 15 is 0 Å². The summed E-state index contributed by atoms with van der Waals surface area (Å²) in [7, 11) is -3.40. The number of sulfone groups is 1. The van der Waals surface area contributed by atoms with Gasteiger partial charge in [0.2, 0.25) is 0 Å². The van der Waals surface area contributed by atoms with Crippen LogP contribution in [-0.4, -0.2) is 59.6 Å². The van der Waals surface area contributed by atoms with E-state index < -0.39 is 15.4 Å². The summed E-state index contributed by atoms with van der Waals surface area (Å²) in [5.41, 5.74) is -0.478. The predicted molar refractivity (Wildman–Crippen MR) is 118 cm³/mol. The average Bonchev–Trinajstić information content (AvgIpc) is 3.26. The maximum atomic E-state index is 12.8. The molecule has 2 saturated carbocycles. The SMILES string of the molecule is CC(C)(C)OC(=O)N1C[C@H]2C[C@H](Nc3ccc(S(=O)(=O)C4CCCCC4)nn3)C[C@H]2C1. The van der Waals surface area contributed by atoms with E-state index in [1.54, 1.807) is 12.1 Å². The van der Waals surface area contributed by atoms with Crippen molar-refractivity contribution in [3.63, 3.8) is 0 Å². The van der Waals surface area contributed by atoms with Gasteiger partial charge in [0.15, 0.2) is 14.9 Å². The lowest BCUT2D eigenvalue weighted by Gasteiger charge is -2.25. The Balaban J connectivity index is 1.30. The first-order chi connectivity index (χ1) is 14.6. The van der Waals surface area contributed by atoms with Gasteiger partial charge in [0.05, 0.1) is 5.25 Å². The lowest BCUT2D eigenvalue weighted by Crippen LogP contribution is -2.36. The van der Waals surface area contributed by atoms with Crippen molar-refractivity contribution in [2.45, 2.75) is 87.6 Å². The van der Waals surface area contributed by atoms with Crippen LogP contribution in [0.4, 0.5) is 10.6 Å². The van der Waals surface area contributed by atoms with Crippen LogP contribution in [0.1, 0.15) is 65.7 Å². The quantitative estimate of drug-likeness (QED) is 0.747. The Kier molecular flexibility index (Phi) is 6.16. The van der Waals surface area contributed by atoms with Gasteiger partial charge in [-0.1, -0.05) is 19.3 Å². The van der Waals surface area contributed by atoms with Gasteiger partial charge in [-0.05, 0) is 70.4 Å². The Morgan fingerprint density at radius 3 is 2.26 bits per heavy atom. The number of carbonyl (C=O) groups excluding carboxylic acids is 1. The first-order valence-corrected chi connectivity index (χ1v) is 13.0. The normalized spacial score (nSPS) is 27.2. The number of rotatable bonds is 4. The van der Waals surface area contributed by atoms with Gasteiger partial charge in [0, 0.05) is 19.1 Å². The highest BCUT2D eigenvalue weighted by Crippen LogP contribution is 2.39. The van der Waals surface area contributed by atoms with Gasteiger partial charge in [-0.3, -0.25) is 0 Å². The monoisotopic (exact) mass is 450 g/mol. The van der Waals surface area contributed by atoms with E-state index in [2.05, 4.69) is 15.5 Å². The number of anilines is 1. The number of ether oxygens (including phenoxy) is 1. The highest BCUT2D eigenvalue weighted by Gasteiger charge is 2.43. The molecule has 1 saturated heterocycles. The van der Waals surface area contributed by atoms with Gasteiger partial charge in [0.25, 0.3) is 0 Å². The molecule has 3 fully saturated rings. The van der Waals surface area contributed by atoms with E-state index in [4.69, 9.17) is 4.74 Å². The van der Waals surface area contributed by atoms with Crippen molar-refractivity contribution < 1.29 is 17.9 Å². The highest BCUT2D eigenvalue weighted by atomic mass is 32.2. The van der Waals surface area contributed by atoms with Gasteiger partial charge in [-0.2, -0.15) is 0 Å². The number of amides is 1. The molecule has 1 aromatic rings. The minimum Gasteiger partial charge on any atom is -0.444 e. The van der Waals surface area contributed by atoms with E-state index in [1.165, 1.54) is 0 Å². The molecule has 172 valence electrons. The largest absolute Gasteiger partial charge is 0.444 e. The zero-order chi connectivity index (χ0) is 22.2. The van der Waals surface area contributed by atoms with Gasteiger partial charge in [-0.15, -0.1) is 10.2 Å². The van der Waals surface area contributed by atoms with Crippen LogP contribution < -0.4 is 5.32 Å². The summed E-state index contributed by atoms with van der Waals surface area (Å²) in [6.07, 6.45) is 6.15. The number of fused-ring (bicyclic) bond motifs is 1. The molecule has 4 rings (SSSR count). The first kappa shape index (κ1) is 22.3. The zero-order valence-electron chi connectivity index (χ0n) is 18.7. The lowest BCUT2D eigenvalue weighted by molar-refractivity contribution is 0.0280. The summed E-state index contributed by atoms with van der Waals surface area (Å²) in [6.45, 7) is 7.10.